The number of hydrogen-bond donors (Lipinski definition) is 4. The number of amidine groups is 1. The number of rotatable bonds is 12. The number of carbonyl (C=O) groups is 2. The molecule has 5 rings (SSSR count). The number of aromatic nitrogens is 2. The smallest absolute Gasteiger partial charge is 0.407 e. The van der Waals surface area contributed by atoms with Crippen LogP contribution in [0, 0.1) is 0 Å². The minimum atomic E-state index is -0.491. The first-order valence-corrected chi connectivity index (χ1v) is 17.1. The molecule has 1 aliphatic rings. The Bertz CT molecular complexity index is 1760. The van der Waals surface area contributed by atoms with Crippen molar-refractivity contribution in [3.63, 3.8) is 0 Å². The van der Waals surface area contributed by atoms with Gasteiger partial charge in [-0.05, 0) is 119 Å². The van der Waals surface area contributed by atoms with Crippen molar-refractivity contribution in [3.05, 3.63) is 66.0 Å². The van der Waals surface area contributed by atoms with Crippen LogP contribution in [0.15, 0.2) is 59.6 Å². The predicted molar refractivity (Wildman–Crippen MR) is 192 cm³/mol. The fourth-order valence-corrected chi connectivity index (χ4v) is 5.70. The highest BCUT2D eigenvalue weighted by molar-refractivity contribution is 5.90. The number of ether oxygens (including phenoxy) is 2. The maximum Gasteiger partial charge on any atom is 0.407 e. The quantitative estimate of drug-likeness (QED) is 0.115. The molecule has 4 aromatic rings. The molecule has 2 heterocycles. The molecule has 1 unspecified atom stereocenters. The molecule has 256 valence electrons. The van der Waals surface area contributed by atoms with E-state index in [0.717, 1.165) is 78.9 Å². The zero-order valence-electron chi connectivity index (χ0n) is 29.2. The van der Waals surface area contributed by atoms with Crippen molar-refractivity contribution in [2.24, 2.45) is 4.99 Å². The number of unbranched alkanes of at least 4 members (excludes halogenated alkanes) is 2. The van der Waals surface area contributed by atoms with E-state index >= 15 is 0 Å². The Labute approximate surface area is 283 Å². The lowest BCUT2D eigenvalue weighted by Crippen LogP contribution is -2.33. The number of benzene rings is 3. The molecule has 0 fully saturated rings. The van der Waals surface area contributed by atoms with Gasteiger partial charge in [0.05, 0.1) is 29.5 Å². The normalized spacial score (nSPS) is 14.9. The van der Waals surface area contributed by atoms with Crippen molar-refractivity contribution in [3.8, 4) is 11.1 Å². The summed E-state index contributed by atoms with van der Waals surface area (Å²) in [7, 11) is 0. The monoisotopic (exact) mass is 654 g/mol. The van der Waals surface area contributed by atoms with Gasteiger partial charge in [0.1, 0.15) is 17.0 Å². The lowest BCUT2D eigenvalue weighted by Gasteiger charge is -2.19. The summed E-state index contributed by atoms with van der Waals surface area (Å²) in [4.78, 5) is 36.6. The Morgan fingerprint density at radius 1 is 0.771 bits per heavy atom. The maximum absolute atomic E-state index is 11.8. The van der Waals surface area contributed by atoms with E-state index in [-0.39, 0.29) is 18.2 Å². The topological polar surface area (TPSA) is 130 Å². The minimum absolute atomic E-state index is 0.169. The van der Waals surface area contributed by atoms with Crippen LogP contribution in [0.5, 0.6) is 0 Å². The van der Waals surface area contributed by atoms with E-state index < -0.39 is 11.2 Å². The summed E-state index contributed by atoms with van der Waals surface area (Å²) in [6.07, 6.45) is 4.50. The molecule has 0 bridgehead atoms. The molecule has 0 aliphatic carbocycles. The number of nitrogens with zero attached hydrogens (tertiary/aromatic N) is 2. The number of carbonyl (C=O) groups excluding carboxylic acids is 2. The summed E-state index contributed by atoms with van der Waals surface area (Å²) in [5.74, 6) is 1.98. The molecule has 0 saturated heterocycles. The molecular formula is C38H50N6O4. The van der Waals surface area contributed by atoms with Gasteiger partial charge in [0.25, 0.3) is 0 Å². The second kappa shape index (κ2) is 15.1. The van der Waals surface area contributed by atoms with Crippen LogP contribution < -0.4 is 16.0 Å². The molecule has 48 heavy (non-hydrogen) atoms. The zero-order valence-corrected chi connectivity index (χ0v) is 29.2. The van der Waals surface area contributed by atoms with Crippen molar-refractivity contribution >= 4 is 39.8 Å². The molecule has 2 amide bonds. The highest BCUT2D eigenvalue weighted by atomic mass is 16.6. The van der Waals surface area contributed by atoms with Crippen molar-refractivity contribution in [2.45, 2.75) is 97.3 Å². The van der Waals surface area contributed by atoms with Gasteiger partial charge in [-0.3, -0.25) is 4.99 Å². The highest BCUT2D eigenvalue weighted by Gasteiger charge is 2.20. The number of H-pyrrole nitrogens is 1. The van der Waals surface area contributed by atoms with Crippen molar-refractivity contribution in [1.29, 1.82) is 0 Å². The summed E-state index contributed by atoms with van der Waals surface area (Å²) in [5, 5.41) is 11.6. The Balaban J connectivity index is 1.10. The van der Waals surface area contributed by atoms with Gasteiger partial charge in [0, 0.05) is 25.9 Å². The van der Waals surface area contributed by atoms with Crippen LogP contribution in [-0.2, 0) is 15.9 Å². The number of imidazole rings is 1. The van der Waals surface area contributed by atoms with E-state index in [0.29, 0.717) is 13.1 Å². The molecule has 3 aromatic carbocycles. The molecule has 0 saturated carbocycles. The van der Waals surface area contributed by atoms with E-state index in [4.69, 9.17) is 19.5 Å². The van der Waals surface area contributed by atoms with Crippen LogP contribution in [0.1, 0.15) is 91.1 Å². The first kappa shape index (κ1) is 34.7. The summed E-state index contributed by atoms with van der Waals surface area (Å²) >= 11 is 0. The van der Waals surface area contributed by atoms with Crippen molar-refractivity contribution in [2.75, 3.05) is 19.6 Å². The Kier molecular flexibility index (Phi) is 10.9. The second-order valence-electron chi connectivity index (χ2n) is 14.5. The predicted octanol–water partition coefficient (Wildman–Crippen LogP) is 7.97. The lowest BCUT2D eigenvalue weighted by molar-refractivity contribution is 0.0515. The minimum Gasteiger partial charge on any atom is -0.444 e. The number of amides is 2. The third-order valence-corrected chi connectivity index (χ3v) is 7.95. The van der Waals surface area contributed by atoms with E-state index in [1.165, 1.54) is 16.3 Å². The largest absolute Gasteiger partial charge is 0.444 e. The second-order valence-corrected chi connectivity index (χ2v) is 14.5. The first-order chi connectivity index (χ1) is 22.8. The third-order valence-electron chi connectivity index (χ3n) is 7.95. The van der Waals surface area contributed by atoms with Crippen LogP contribution in [0.4, 0.5) is 9.59 Å². The van der Waals surface area contributed by atoms with E-state index in [9.17, 15) is 9.59 Å². The molecule has 1 aromatic heterocycles. The Hall–Kier alpha value is -4.60. The molecule has 0 radical (unpaired) electrons. The van der Waals surface area contributed by atoms with E-state index in [1.807, 2.05) is 41.5 Å². The number of aliphatic imine (C=N–C) groups is 1. The van der Waals surface area contributed by atoms with Crippen molar-refractivity contribution < 1.29 is 19.1 Å². The van der Waals surface area contributed by atoms with Gasteiger partial charge in [-0.25, -0.2) is 14.6 Å². The van der Waals surface area contributed by atoms with Crippen LogP contribution >= 0.6 is 0 Å². The van der Waals surface area contributed by atoms with E-state index in [2.05, 4.69) is 75.5 Å². The molecule has 0 spiro atoms. The zero-order chi connectivity index (χ0) is 34.3. The van der Waals surface area contributed by atoms with Gasteiger partial charge in [-0.2, -0.15) is 0 Å². The maximum atomic E-state index is 11.8. The van der Waals surface area contributed by atoms with Gasteiger partial charge in [-0.15, -0.1) is 0 Å². The number of nitrogens with one attached hydrogen (secondary N) is 4. The number of hydrogen-bond acceptors (Lipinski definition) is 7. The number of alkyl carbamates (subject to hydrolysis) is 2. The number of fused-ring (bicyclic) bond motifs is 2. The molecule has 10 nitrogen and oxygen atoms in total. The first-order valence-electron chi connectivity index (χ1n) is 17.1. The highest BCUT2D eigenvalue weighted by Crippen LogP contribution is 2.29. The van der Waals surface area contributed by atoms with Gasteiger partial charge in [0.2, 0.25) is 0 Å². The average Bonchev–Trinajstić information content (AvgIpc) is 3.65. The fraction of sp³-hybridized carbons (Fsp3) is 0.474. The fourth-order valence-electron chi connectivity index (χ4n) is 5.70. The molecule has 1 aliphatic heterocycles. The van der Waals surface area contributed by atoms with Gasteiger partial charge in [0.15, 0.2) is 0 Å². The van der Waals surface area contributed by atoms with Gasteiger partial charge < -0.3 is 30.4 Å². The summed E-state index contributed by atoms with van der Waals surface area (Å²) in [5.41, 5.74) is 4.53. The van der Waals surface area contributed by atoms with Crippen molar-refractivity contribution in [1.82, 2.24) is 25.9 Å². The van der Waals surface area contributed by atoms with Gasteiger partial charge in [-0.1, -0.05) is 30.3 Å². The molecule has 4 N–H and O–H groups in total. The number of aromatic amines is 1. The summed E-state index contributed by atoms with van der Waals surface area (Å²) < 4.78 is 10.6. The van der Waals surface area contributed by atoms with Crippen LogP contribution in [-0.4, -0.2) is 58.8 Å². The van der Waals surface area contributed by atoms with Crippen LogP contribution in [0.2, 0.25) is 0 Å². The standard InChI is InChI=1S/C38H50N6O4/c1-37(2,3)47-35(45)39-19-9-7-11-33-41-24-32(44-33)29-16-15-25-21-26(13-14-27(25)22-29)28-17-18-30-31(23-28)43-34(42-30)12-8-10-20-40-36(46)48-38(4,5)6/h13-18,21-23,32H,7-12,19-20,24H2,1-6H3,(H,39,45)(H,40,46)(H,41,44)(H,42,43). The van der Waals surface area contributed by atoms with Crippen LogP contribution in [0.3, 0.4) is 0 Å². The summed E-state index contributed by atoms with van der Waals surface area (Å²) in [6, 6.07) is 19.8. The third kappa shape index (κ3) is 10.2. The Morgan fingerprint density at radius 2 is 1.38 bits per heavy atom. The molecule has 1 atom stereocenters. The SMILES string of the molecule is CC(C)(C)OC(=O)NCCCCC1=NCC(c2ccc3cc(-c4ccc5nc(CCCCNC(=O)OC(C)(C)C)[nH]c5c4)ccc3c2)N1. The number of aryl methyl sites for hydroxylation is 1. The lowest BCUT2D eigenvalue weighted by atomic mass is 9.98. The molecular weight excluding hydrogens is 604 g/mol. The molecule has 10 heteroatoms. The van der Waals surface area contributed by atoms with Crippen LogP contribution in [0.25, 0.3) is 32.9 Å². The van der Waals surface area contributed by atoms with Gasteiger partial charge >= 0.3 is 12.2 Å². The Morgan fingerprint density at radius 3 is 2.06 bits per heavy atom. The summed E-state index contributed by atoms with van der Waals surface area (Å²) in [6.45, 7) is 13.1. The van der Waals surface area contributed by atoms with E-state index in [1.54, 1.807) is 0 Å². The average molecular weight is 655 g/mol.